The summed E-state index contributed by atoms with van der Waals surface area (Å²) in [5.41, 5.74) is 3.98. The van der Waals surface area contributed by atoms with Gasteiger partial charge in [0, 0.05) is 4.47 Å². The first-order valence-electron chi connectivity index (χ1n) is 6.08. The van der Waals surface area contributed by atoms with Crippen molar-refractivity contribution in [3.63, 3.8) is 0 Å². The quantitative estimate of drug-likeness (QED) is 0.772. The van der Waals surface area contributed by atoms with Crippen LogP contribution in [0.15, 0.2) is 51.7 Å². The molecular formula is C15H13BrN2O. The van der Waals surface area contributed by atoms with Crippen molar-refractivity contribution in [1.82, 2.24) is 9.55 Å². The van der Waals surface area contributed by atoms with Gasteiger partial charge >= 0.3 is 5.69 Å². The molecule has 0 radical (unpaired) electrons. The highest BCUT2D eigenvalue weighted by atomic mass is 79.9. The van der Waals surface area contributed by atoms with Crippen LogP contribution in [-0.4, -0.2) is 9.55 Å². The maximum Gasteiger partial charge on any atom is 0.326 e. The molecule has 0 spiro atoms. The highest BCUT2D eigenvalue weighted by molar-refractivity contribution is 9.10. The Morgan fingerprint density at radius 1 is 1.16 bits per heavy atom. The molecule has 0 fully saturated rings. The maximum absolute atomic E-state index is 12.1. The third kappa shape index (κ3) is 2.12. The van der Waals surface area contributed by atoms with Gasteiger partial charge in [-0.2, -0.15) is 0 Å². The largest absolute Gasteiger partial charge is 0.326 e. The molecule has 0 unspecified atom stereocenters. The van der Waals surface area contributed by atoms with E-state index in [1.54, 1.807) is 4.57 Å². The van der Waals surface area contributed by atoms with Crippen molar-refractivity contribution < 1.29 is 0 Å². The number of aryl methyl sites for hydroxylation is 1. The summed E-state index contributed by atoms with van der Waals surface area (Å²) in [7, 11) is 0. The Bertz CT molecular complexity index is 801. The molecular weight excluding hydrogens is 304 g/mol. The third-order valence-corrected chi connectivity index (χ3v) is 4.05. The van der Waals surface area contributed by atoms with Gasteiger partial charge in [-0.05, 0) is 30.2 Å². The van der Waals surface area contributed by atoms with Crippen LogP contribution in [0.4, 0.5) is 0 Å². The summed E-state index contributed by atoms with van der Waals surface area (Å²) in [5, 5.41) is 0. The molecule has 19 heavy (non-hydrogen) atoms. The maximum atomic E-state index is 12.1. The highest BCUT2D eigenvalue weighted by Crippen LogP contribution is 2.20. The molecule has 4 heteroatoms. The van der Waals surface area contributed by atoms with Crippen molar-refractivity contribution in [2.24, 2.45) is 0 Å². The first-order chi connectivity index (χ1) is 9.16. The smallest absolute Gasteiger partial charge is 0.306 e. The molecule has 3 nitrogen and oxygen atoms in total. The summed E-state index contributed by atoms with van der Waals surface area (Å²) in [6.07, 6.45) is 0. The minimum absolute atomic E-state index is 0.0694. The summed E-state index contributed by atoms with van der Waals surface area (Å²) in [6.45, 7) is 2.58. The summed E-state index contributed by atoms with van der Waals surface area (Å²) >= 11 is 3.52. The number of halogens is 1. The van der Waals surface area contributed by atoms with Crippen LogP contribution in [-0.2, 0) is 6.54 Å². The van der Waals surface area contributed by atoms with E-state index in [0.29, 0.717) is 6.54 Å². The van der Waals surface area contributed by atoms with Gasteiger partial charge in [0.2, 0.25) is 0 Å². The molecule has 2 aromatic carbocycles. The number of benzene rings is 2. The monoisotopic (exact) mass is 316 g/mol. The van der Waals surface area contributed by atoms with Crippen LogP contribution in [0, 0.1) is 6.92 Å². The minimum Gasteiger partial charge on any atom is -0.306 e. The van der Waals surface area contributed by atoms with Gasteiger partial charge < -0.3 is 4.98 Å². The molecule has 0 aliphatic carbocycles. The molecule has 0 bridgehead atoms. The number of hydrogen-bond acceptors (Lipinski definition) is 1. The lowest BCUT2D eigenvalue weighted by Gasteiger charge is -2.07. The number of nitrogens with zero attached hydrogens (tertiary/aromatic N) is 1. The van der Waals surface area contributed by atoms with Gasteiger partial charge in [-0.3, -0.25) is 4.57 Å². The number of nitrogens with one attached hydrogen (secondary N) is 1. The Morgan fingerprint density at radius 3 is 2.74 bits per heavy atom. The van der Waals surface area contributed by atoms with Crippen LogP contribution in [0.25, 0.3) is 11.0 Å². The zero-order valence-electron chi connectivity index (χ0n) is 10.5. The average Bonchev–Trinajstić information content (AvgIpc) is 2.70. The van der Waals surface area contributed by atoms with Crippen LogP contribution in [0.1, 0.15) is 11.1 Å². The van der Waals surface area contributed by atoms with Crippen LogP contribution in [0.2, 0.25) is 0 Å². The number of aromatic nitrogens is 2. The van der Waals surface area contributed by atoms with E-state index in [9.17, 15) is 4.79 Å². The minimum atomic E-state index is -0.0694. The number of fused-ring (bicyclic) bond motifs is 1. The number of aromatic amines is 1. The summed E-state index contributed by atoms with van der Waals surface area (Å²) in [5.74, 6) is 0. The number of hydrogen-bond donors (Lipinski definition) is 1. The first kappa shape index (κ1) is 12.2. The summed E-state index contributed by atoms with van der Waals surface area (Å²) in [4.78, 5) is 15.0. The Hall–Kier alpha value is -1.81. The van der Waals surface area contributed by atoms with Gasteiger partial charge in [0.15, 0.2) is 0 Å². The fourth-order valence-corrected chi connectivity index (χ4v) is 2.76. The number of para-hydroxylation sites is 1. The molecule has 1 N–H and O–H groups in total. The number of imidazole rings is 1. The molecule has 0 atom stereocenters. The van der Waals surface area contributed by atoms with Crippen molar-refractivity contribution >= 4 is 27.0 Å². The molecule has 0 amide bonds. The van der Waals surface area contributed by atoms with E-state index >= 15 is 0 Å². The van der Waals surface area contributed by atoms with Crippen molar-refractivity contribution in [2.45, 2.75) is 13.5 Å². The van der Waals surface area contributed by atoms with E-state index in [2.05, 4.69) is 20.9 Å². The van der Waals surface area contributed by atoms with E-state index in [1.165, 1.54) is 0 Å². The Balaban J connectivity index is 2.19. The van der Waals surface area contributed by atoms with Crippen LogP contribution < -0.4 is 5.69 Å². The third-order valence-electron chi connectivity index (χ3n) is 3.28. The van der Waals surface area contributed by atoms with Crippen LogP contribution in [0.3, 0.4) is 0 Å². The lowest BCUT2D eigenvalue weighted by atomic mass is 10.2. The number of rotatable bonds is 2. The molecule has 0 saturated carbocycles. The average molecular weight is 317 g/mol. The molecule has 3 aromatic rings. The summed E-state index contributed by atoms with van der Waals surface area (Å²) in [6, 6.07) is 13.9. The van der Waals surface area contributed by atoms with E-state index in [0.717, 1.165) is 26.6 Å². The Labute approximate surface area is 119 Å². The zero-order chi connectivity index (χ0) is 13.4. The molecule has 1 aromatic heterocycles. The molecule has 3 rings (SSSR count). The van der Waals surface area contributed by atoms with E-state index in [1.807, 2.05) is 49.4 Å². The molecule has 0 aliphatic rings. The lowest BCUT2D eigenvalue weighted by molar-refractivity contribution is 0.782. The van der Waals surface area contributed by atoms with Crippen molar-refractivity contribution in [1.29, 1.82) is 0 Å². The highest BCUT2D eigenvalue weighted by Gasteiger charge is 2.10. The second-order valence-electron chi connectivity index (χ2n) is 4.58. The fourth-order valence-electron chi connectivity index (χ4n) is 2.35. The lowest BCUT2D eigenvalue weighted by Crippen LogP contribution is -2.17. The van der Waals surface area contributed by atoms with Gasteiger partial charge in [0.05, 0.1) is 17.6 Å². The zero-order valence-corrected chi connectivity index (χ0v) is 12.1. The van der Waals surface area contributed by atoms with Gasteiger partial charge in [-0.25, -0.2) is 4.79 Å². The van der Waals surface area contributed by atoms with E-state index in [4.69, 9.17) is 0 Å². The van der Waals surface area contributed by atoms with E-state index in [-0.39, 0.29) is 5.69 Å². The first-order valence-corrected chi connectivity index (χ1v) is 6.87. The fraction of sp³-hybridized carbons (Fsp3) is 0.133. The Kier molecular flexibility index (Phi) is 3.03. The van der Waals surface area contributed by atoms with Gasteiger partial charge in [0.25, 0.3) is 0 Å². The molecule has 96 valence electrons. The topological polar surface area (TPSA) is 37.8 Å². The molecule has 0 saturated heterocycles. The molecule has 0 aliphatic heterocycles. The van der Waals surface area contributed by atoms with Crippen molar-refractivity contribution in [2.75, 3.05) is 0 Å². The van der Waals surface area contributed by atoms with Gasteiger partial charge in [-0.1, -0.05) is 46.3 Å². The SMILES string of the molecule is Cc1cccc2[nH]c(=O)n(Cc3ccccc3Br)c12. The van der Waals surface area contributed by atoms with Crippen LogP contribution >= 0.6 is 15.9 Å². The van der Waals surface area contributed by atoms with Crippen LogP contribution in [0.5, 0.6) is 0 Å². The standard InChI is InChI=1S/C15H13BrN2O/c1-10-5-4-8-13-14(10)18(15(19)17-13)9-11-6-2-3-7-12(11)16/h2-8H,9H2,1H3,(H,17,19). The second-order valence-corrected chi connectivity index (χ2v) is 5.43. The second kappa shape index (κ2) is 4.70. The number of H-pyrrole nitrogens is 1. The van der Waals surface area contributed by atoms with Crippen molar-refractivity contribution in [3.8, 4) is 0 Å². The summed E-state index contributed by atoms with van der Waals surface area (Å²) < 4.78 is 2.80. The van der Waals surface area contributed by atoms with Gasteiger partial charge in [0.1, 0.15) is 0 Å². The Morgan fingerprint density at radius 2 is 1.95 bits per heavy atom. The predicted octanol–water partition coefficient (Wildman–Crippen LogP) is 3.45. The van der Waals surface area contributed by atoms with E-state index < -0.39 is 0 Å². The van der Waals surface area contributed by atoms with Gasteiger partial charge in [-0.15, -0.1) is 0 Å². The van der Waals surface area contributed by atoms with Crippen molar-refractivity contribution in [3.05, 3.63) is 68.5 Å². The predicted molar refractivity (Wildman–Crippen MR) is 80.5 cm³/mol. The molecule has 1 heterocycles. The normalized spacial score (nSPS) is 11.1.